The van der Waals surface area contributed by atoms with Gasteiger partial charge in [0.05, 0.1) is 10.6 Å². The summed E-state index contributed by atoms with van der Waals surface area (Å²) in [6, 6.07) is 5.16. The Labute approximate surface area is 82.9 Å². The number of nitrogens with two attached hydrogens (primary N) is 1. The maximum atomic E-state index is 10.7. The fourth-order valence-electron chi connectivity index (χ4n) is 0.694. The van der Waals surface area contributed by atoms with Gasteiger partial charge in [-0.15, -0.1) is 0 Å². The van der Waals surface area contributed by atoms with Gasteiger partial charge in [-0.1, -0.05) is 17.7 Å². The number of benzene rings is 1. The van der Waals surface area contributed by atoms with E-state index in [4.69, 9.17) is 17.3 Å². The lowest BCUT2D eigenvalue weighted by Crippen LogP contribution is -2.11. The van der Waals surface area contributed by atoms with Gasteiger partial charge >= 0.3 is 0 Å². The molecule has 2 nitrogen and oxygen atoms in total. The normalized spacial score (nSPS) is 9.64. The lowest BCUT2D eigenvalue weighted by atomic mass is 10.2. The highest BCUT2D eigenvalue weighted by molar-refractivity contribution is 14.1. The molecule has 0 heterocycles. The van der Waals surface area contributed by atoms with Gasteiger partial charge in [0.25, 0.3) is 0 Å². The molecule has 1 amide bonds. The first-order valence-corrected chi connectivity index (χ1v) is 4.32. The fourth-order valence-corrected chi connectivity index (χ4v) is 1.41. The zero-order valence-electron chi connectivity index (χ0n) is 5.47. The van der Waals surface area contributed by atoms with Crippen LogP contribution in [0.4, 0.5) is 0 Å². The van der Waals surface area contributed by atoms with Crippen LogP contribution in [0.15, 0.2) is 18.2 Å². The first kappa shape index (κ1) is 8.80. The number of carbonyl (C=O) groups excluding carboxylic acids is 1. The van der Waals surface area contributed by atoms with Crippen LogP contribution in [0.25, 0.3) is 0 Å². The van der Waals surface area contributed by atoms with E-state index in [1.54, 1.807) is 12.1 Å². The van der Waals surface area contributed by atoms with Gasteiger partial charge in [-0.25, -0.2) is 0 Å². The van der Waals surface area contributed by atoms with Gasteiger partial charge in [0.15, 0.2) is 0 Å². The second kappa shape index (κ2) is 3.40. The maximum absolute atomic E-state index is 10.7. The van der Waals surface area contributed by atoms with E-state index in [0.717, 1.165) is 3.57 Å². The van der Waals surface area contributed by atoms with Gasteiger partial charge in [-0.05, 0) is 34.7 Å². The Kier molecular flexibility index (Phi) is 2.72. The summed E-state index contributed by atoms with van der Waals surface area (Å²) in [4.78, 5) is 10.7. The summed E-state index contributed by atoms with van der Waals surface area (Å²) in [6.45, 7) is 0. The molecule has 0 saturated heterocycles. The molecule has 0 aliphatic rings. The molecule has 2 N–H and O–H groups in total. The van der Waals surface area contributed by atoms with Crippen LogP contribution in [-0.2, 0) is 0 Å². The van der Waals surface area contributed by atoms with E-state index < -0.39 is 5.91 Å². The number of carbonyl (C=O) groups is 1. The Balaban J connectivity index is 3.27. The fraction of sp³-hybridized carbons (Fsp3) is 0. The molecule has 0 spiro atoms. The largest absolute Gasteiger partial charge is 0.366 e. The number of amides is 1. The average molecular weight is 281 g/mol. The molecule has 1 aromatic rings. The van der Waals surface area contributed by atoms with Gasteiger partial charge in [-0.2, -0.15) is 0 Å². The van der Waals surface area contributed by atoms with Gasteiger partial charge in [-0.3, -0.25) is 4.79 Å². The Morgan fingerprint density at radius 1 is 1.55 bits per heavy atom. The van der Waals surface area contributed by atoms with Crippen LogP contribution in [0.3, 0.4) is 0 Å². The highest BCUT2D eigenvalue weighted by Crippen LogP contribution is 2.21. The number of halogens is 2. The van der Waals surface area contributed by atoms with Crippen LogP contribution in [0, 0.1) is 3.57 Å². The van der Waals surface area contributed by atoms with E-state index in [0.29, 0.717) is 10.6 Å². The van der Waals surface area contributed by atoms with Crippen molar-refractivity contribution in [2.45, 2.75) is 0 Å². The SMILES string of the molecule is NC(=O)c1cccc(I)c1Cl. The third-order valence-corrected chi connectivity index (χ3v) is 2.84. The van der Waals surface area contributed by atoms with Crippen LogP contribution < -0.4 is 5.73 Å². The topological polar surface area (TPSA) is 43.1 Å². The molecule has 0 aromatic heterocycles. The highest BCUT2D eigenvalue weighted by Gasteiger charge is 2.07. The molecule has 0 saturated carbocycles. The van der Waals surface area contributed by atoms with E-state index in [9.17, 15) is 4.79 Å². The van der Waals surface area contributed by atoms with Gasteiger partial charge in [0.1, 0.15) is 0 Å². The molecule has 0 atom stereocenters. The summed E-state index contributed by atoms with van der Waals surface area (Å²) >= 11 is 7.82. The summed E-state index contributed by atoms with van der Waals surface area (Å²) in [6.07, 6.45) is 0. The second-order valence-electron chi connectivity index (χ2n) is 1.97. The number of hydrogen-bond acceptors (Lipinski definition) is 1. The van der Waals surface area contributed by atoms with E-state index >= 15 is 0 Å². The van der Waals surface area contributed by atoms with Crippen molar-refractivity contribution in [2.24, 2.45) is 5.73 Å². The minimum atomic E-state index is -0.492. The predicted molar refractivity (Wildman–Crippen MR) is 52.7 cm³/mol. The Morgan fingerprint density at radius 3 is 2.64 bits per heavy atom. The third kappa shape index (κ3) is 1.84. The molecular weight excluding hydrogens is 276 g/mol. The second-order valence-corrected chi connectivity index (χ2v) is 3.51. The van der Waals surface area contributed by atoms with Crippen LogP contribution in [0.5, 0.6) is 0 Å². The van der Waals surface area contributed by atoms with Gasteiger partial charge in [0, 0.05) is 3.57 Å². The smallest absolute Gasteiger partial charge is 0.250 e. The standard InChI is InChI=1S/C7H5ClINO/c8-6-4(7(10)11)2-1-3-5(6)9/h1-3H,(H2,10,11). The average Bonchev–Trinajstić information content (AvgIpc) is 1.94. The number of rotatable bonds is 1. The van der Waals surface area contributed by atoms with Crippen molar-refractivity contribution in [2.75, 3.05) is 0 Å². The molecule has 0 aliphatic heterocycles. The Morgan fingerprint density at radius 2 is 2.18 bits per heavy atom. The van der Waals surface area contributed by atoms with Gasteiger partial charge < -0.3 is 5.73 Å². The van der Waals surface area contributed by atoms with E-state index in [2.05, 4.69) is 0 Å². The Hall–Kier alpha value is -0.290. The molecule has 11 heavy (non-hydrogen) atoms. The zero-order chi connectivity index (χ0) is 8.43. The number of primary amides is 1. The monoisotopic (exact) mass is 281 g/mol. The van der Waals surface area contributed by atoms with Crippen molar-refractivity contribution >= 4 is 40.1 Å². The molecule has 1 aromatic carbocycles. The third-order valence-electron chi connectivity index (χ3n) is 1.22. The highest BCUT2D eigenvalue weighted by atomic mass is 127. The van der Waals surface area contributed by atoms with Crippen molar-refractivity contribution in [3.8, 4) is 0 Å². The van der Waals surface area contributed by atoms with Crippen LogP contribution in [0.2, 0.25) is 5.02 Å². The van der Waals surface area contributed by atoms with Crippen molar-refractivity contribution < 1.29 is 4.79 Å². The number of hydrogen-bond donors (Lipinski definition) is 1. The van der Waals surface area contributed by atoms with Crippen LogP contribution >= 0.6 is 34.2 Å². The molecule has 0 radical (unpaired) electrons. The minimum Gasteiger partial charge on any atom is -0.366 e. The molecule has 0 aliphatic carbocycles. The molecule has 58 valence electrons. The van der Waals surface area contributed by atoms with Crippen molar-refractivity contribution in [3.05, 3.63) is 32.4 Å². The molecule has 4 heteroatoms. The summed E-state index contributed by atoms with van der Waals surface area (Å²) in [5.41, 5.74) is 5.43. The van der Waals surface area contributed by atoms with Crippen molar-refractivity contribution in [1.29, 1.82) is 0 Å². The zero-order valence-corrected chi connectivity index (χ0v) is 8.39. The molecule has 0 unspecified atom stereocenters. The quantitative estimate of drug-likeness (QED) is 0.787. The lowest BCUT2D eigenvalue weighted by Gasteiger charge is -1.99. The van der Waals surface area contributed by atoms with Crippen molar-refractivity contribution in [1.82, 2.24) is 0 Å². The summed E-state index contributed by atoms with van der Waals surface area (Å²) < 4.78 is 0.834. The maximum Gasteiger partial charge on any atom is 0.250 e. The van der Waals surface area contributed by atoms with E-state index in [1.807, 2.05) is 28.7 Å². The molecule has 0 bridgehead atoms. The summed E-state index contributed by atoms with van der Waals surface area (Å²) in [5.74, 6) is -0.492. The van der Waals surface area contributed by atoms with Crippen molar-refractivity contribution in [3.63, 3.8) is 0 Å². The first-order valence-electron chi connectivity index (χ1n) is 2.86. The van der Waals surface area contributed by atoms with E-state index in [-0.39, 0.29) is 0 Å². The van der Waals surface area contributed by atoms with Crippen LogP contribution in [-0.4, -0.2) is 5.91 Å². The molecular formula is C7H5ClINO. The first-order chi connectivity index (χ1) is 5.13. The molecule has 0 fully saturated rings. The lowest BCUT2D eigenvalue weighted by molar-refractivity contribution is 0.100. The van der Waals surface area contributed by atoms with E-state index in [1.165, 1.54) is 0 Å². The molecule has 1 rings (SSSR count). The predicted octanol–water partition coefficient (Wildman–Crippen LogP) is 2.04. The Bertz CT molecular complexity index is 300. The van der Waals surface area contributed by atoms with Crippen LogP contribution in [0.1, 0.15) is 10.4 Å². The summed E-state index contributed by atoms with van der Waals surface area (Å²) in [5, 5.41) is 0.431. The van der Waals surface area contributed by atoms with Gasteiger partial charge in [0.2, 0.25) is 5.91 Å². The summed E-state index contributed by atoms with van der Waals surface area (Å²) in [7, 11) is 0. The minimum absolute atomic E-state index is 0.374.